The molecule has 2 aromatic carbocycles. The summed E-state index contributed by atoms with van der Waals surface area (Å²) in [6, 6.07) is 15.3. The fourth-order valence-corrected chi connectivity index (χ4v) is 3.00. The summed E-state index contributed by atoms with van der Waals surface area (Å²) in [7, 11) is 0. The summed E-state index contributed by atoms with van der Waals surface area (Å²) in [5.74, 6) is 0.0577. The molecule has 0 atom stereocenters. The molecule has 120 valence electrons. The zero-order chi connectivity index (χ0) is 16.9. The molecule has 0 fully saturated rings. The fraction of sp³-hybridized carbons (Fsp3) is 0.0526. The van der Waals surface area contributed by atoms with Gasteiger partial charge in [0.25, 0.3) is 5.91 Å². The smallest absolute Gasteiger partial charge is 0.266 e. The summed E-state index contributed by atoms with van der Waals surface area (Å²) in [6.45, 7) is 3.69. The van der Waals surface area contributed by atoms with Gasteiger partial charge in [-0.05, 0) is 35.9 Å². The highest BCUT2D eigenvalue weighted by Gasteiger charge is 2.31. The molecule has 1 aliphatic rings. The standard InChI is InChI=1S/C19H15FN2OS/c1-2-12-24-19-21-17(13-14-6-4-3-5-7-14)18(23)22(19)16-10-8-15(20)9-11-16/h2-11,13H,1,12H2/b17-13+. The van der Waals surface area contributed by atoms with Crippen LogP contribution in [-0.4, -0.2) is 16.8 Å². The quantitative estimate of drug-likeness (QED) is 0.608. The lowest BCUT2D eigenvalue weighted by Crippen LogP contribution is -2.30. The van der Waals surface area contributed by atoms with Crippen LogP contribution in [-0.2, 0) is 4.79 Å². The van der Waals surface area contributed by atoms with E-state index in [2.05, 4.69) is 11.6 Å². The first-order valence-corrected chi connectivity index (χ1v) is 8.37. The lowest BCUT2D eigenvalue weighted by Gasteiger charge is -2.17. The highest BCUT2D eigenvalue weighted by molar-refractivity contribution is 8.14. The van der Waals surface area contributed by atoms with Crippen LogP contribution in [0.25, 0.3) is 6.08 Å². The van der Waals surface area contributed by atoms with Crippen molar-refractivity contribution in [3.63, 3.8) is 0 Å². The van der Waals surface area contributed by atoms with Gasteiger partial charge in [-0.2, -0.15) is 0 Å². The van der Waals surface area contributed by atoms with Gasteiger partial charge in [-0.15, -0.1) is 6.58 Å². The number of anilines is 1. The van der Waals surface area contributed by atoms with Crippen LogP contribution < -0.4 is 4.90 Å². The molecule has 0 saturated carbocycles. The van der Waals surface area contributed by atoms with Crippen molar-refractivity contribution >= 4 is 34.6 Å². The van der Waals surface area contributed by atoms with Gasteiger partial charge in [-0.3, -0.25) is 9.69 Å². The zero-order valence-electron chi connectivity index (χ0n) is 12.9. The van der Waals surface area contributed by atoms with E-state index in [4.69, 9.17) is 0 Å². The van der Waals surface area contributed by atoms with Crippen molar-refractivity contribution in [1.29, 1.82) is 0 Å². The molecule has 3 nitrogen and oxygen atoms in total. The van der Waals surface area contributed by atoms with Gasteiger partial charge < -0.3 is 0 Å². The number of rotatable bonds is 4. The Bertz CT molecular complexity index is 813. The van der Waals surface area contributed by atoms with Crippen molar-refractivity contribution in [2.45, 2.75) is 0 Å². The number of benzene rings is 2. The maximum Gasteiger partial charge on any atom is 0.283 e. The van der Waals surface area contributed by atoms with Crippen molar-refractivity contribution in [1.82, 2.24) is 0 Å². The molecule has 0 unspecified atom stereocenters. The molecule has 0 radical (unpaired) electrons. The third-order valence-corrected chi connectivity index (χ3v) is 4.28. The molecule has 0 bridgehead atoms. The summed E-state index contributed by atoms with van der Waals surface area (Å²) >= 11 is 1.41. The first kappa shape index (κ1) is 16.2. The second-order valence-electron chi connectivity index (χ2n) is 5.05. The Balaban J connectivity index is 1.97. The maximum absolute atomic E-state index is 13.2. The summed E-state index contributed by atoms with van der Waals surface area (Å²) in [5, 5.41) is 0.564. The van der Waals surface area contributed by atoms with E-state index in [1.165, 1.54) is 28.8 Å². The topological polar surface area (TPSA) is 32.7 Å². The number of aliphatic imine (C=N–C) groups is 1. The van der Waals surface area contributed by atoms with Crippen LogP contribution in [0.3, 0.4) is 0 Å². The van der Waals surface area contributed by atoms with E-state index in [0.29, 0.717) is 22.3 Å². The molecule has 3 rings (SSSR count). The molecule has 0 spiro atoms. The first-order valence-electron chi connectivity index (χ1n) is 7.38. The van der Waals surface area contributed by atoms with Crippen molar-refractivity contribution in [3.05, 3.63) is 84.3 Å². The Kier molecular flexibility index (Phi) is 4.91. The molecule has 0 saturated heterocycles. The summed E-state index contributed by atoms with van der Waals surface area (Å²) in [6.07, 6.45) is 3.50. The van der Waals surface area contributed by atoms with E-state index in [0.717, 1.165) is 5.56 Å². The fourth-order valence-electron chi connectivity index (χ4n) is 2.25. The molecule has 2 aromatic rings. The number of hydrogen-bond acceptors (Lipinski definition) is 3. The molecule has 24 heavy (non-hydrogen) atoms. The van der Waals surface area contributed by atoms with E-state index in [-0.39, 0.29) is 11.7 Å². The highest BCUT2D eigenvalue weighted by Crippen LogP contribution is 2.29. The number of hydrogen-bond donors (Lipinski definition) is 0. The lowest BCUT2D eigenvalue weighted by atomic mass is 10.2. The summed E-state index contributed by atoms with van der Waals surface area (Å²) in [5.41, 5.74) is 1.85. The van der Waals surface area contributed by atoms with E-state index >= 15 is 0 Å². The number of thioether (sulfide) groups is 1. The number of nitrogens with zero attached hydrogens (tertiary/aromatic N) is 2. The van der Waals surface area contributed by atoms with Crippen molar-refractivity contribution < 1.29 is 9.18 Å². The molecular weight excluding hydrogens is 323 g/mol. The van der Waals surface area contributed by atoms with Crippen LogP contribution in [0.5, 0.6) is 0 Å². The van der Waals surface area contributed by atoms with Gasteiger partial charge in [0.1, 0.15) is 11.5 Å². The molecule has 1 amide bonds. The monoisotopic (exact) mass is 338 g/mol. The van der Waals surface area contributed by atoms with Crippen LogP contribution in [0.4, 0.5) is 10.1 Å². The van der Waals surface area contributed by atoms with Crippen LogP contribution in [0.1, 0.15) is 5.56 Å². The molecule has 1 aliphatic heterocycles. The largest absolute Gasteiger partial charge is 0.283 e. The second-order valence-corrected chi connectivity index (χ2v) is 6.04. The summed E-state index contributed by atoms with van der Waals surface area (Å²) < 4.78 is 13.2. The van der Waals surface area contributed by atoms with Crippen molar-refractivity contribution in [2.24, 2.45) is 4.99 Å². The van der Waals surface area contributed by atoms with Crippen LogP contribution >= 0.6 is 11.8 Å². The first-order chi connectivity index (χ1) is 11.7. The van der Waals surface area contributed by atoms with Crippen molar-refractivity contribution in [2.75, 3.05) is 10.7 Å². The van der Waals surface area contributed by atoms with E-state index in [9.17, 15) is 9.18 Å². The normalized spacial score (nSPS) is 15.7. The number of carbonyl (C=O) groups is 1. The number of carbonyl (C=O) groups excluding carboxylic acids is 1. The minimum atomic E-state index is -0.345. The predicted octanol–water partition coefficient (Wildman–Crippen LogP) is 4.49. The SMILES string of the molecule is C=CCSC1=N/C(=C/c2ccccc2)C(=O)N1c1ccc(F)cc1. The Morgan fingerprint density at radius 1 is 1.12 bits per heavy atom. The van der Waals surface area contributed by atoms with Crippen molar-refractivity contribution in [3.8, 4) is 0 Å². The minimum Gasteiger partial charge on any atom is -0.266 e. The minimum absolute atomic E-state index is 0.225. The molecule has 0 aliphatic carbocycles. The molecule has 0 aromatic heterocycles. The highest BCUT2D eigenvalue weighted by atomic mass is 32.2. The third kappa shape index (κ3) is 3.46. The van der Waals surface area contributed by atoms with Gasteiger partial charge >= 0.3 is 0 Å². The average molecular weight is 338 g/mol. The van der Waals surface area contributed by atoms with Gasteiger partial charge in [-0.25, -0.2) is 9.38 Å². The van der Waals surface area contributed by atoms with Gasteiger partial charge in [-0.1, -0.05) is 48.2 Å². The van der Waals surface area contributed by atoms with Crippen LogP contribution in [0, 0.1) is 5.82 Å². The Hall–Kier alpha value is -2.66. The molecule has 0 N–H and O–H groups in total. The van der Waals surface area contributed by atoms with Gasteiger partial charge in [0.15, 0.2) is 5.17 Å². The third-order valence-electron chi connectivity index (χ3n) is 3.35. The molecule has 1 heterocycles. The Morgan fingerprint density at radius 3 is 2.50 bits per heavy atom. The molecular formula is C19H15FN2OS. The molecule has 5 heteroatoms. The number of amidine groups is 1. The van der Waals surface area contributed by atoms with Gasteiger partial charge in [0.2, 0.25) is 0 Å². The number of halogens is 1. The van der Waals surface area contributed by atoms with E-state index in [1.54, 1.807) is 24.3 Å². The van der Waals surface area contributed by atoms with Gasteiger partial charge in [0, 0.05) is 5.75 Å². The van der Waals surface area contributed by atoms with E-state index < -0.39 is 0 Å². The summed E-state index contributed by atoms with van der Waals surface area (Å²) in [4.78, 5) is 18.7. The van der Waals surface area contributed by atoms with Crippen LogP contribution in [0.15, 0.2) is 77.9 Å². The van der Waals surface area contributed by atoms with E-state index in [1.807, 2.05) is 30.3 Å². The predicted molar refractivity (Wildman–Crippen MR) is 98.4 cm³/mol. The Morgan fingerprint density at radius 2 is 1.83 bits per heavy atom. The van der Waals surface area contributed by atoms with Crippen LogP contribution in [0.2, 0.25) is 0 Å². The maximum atomic E-state index is 13.2. The number of amides is 1. The Labute approximate surface area is 144 Å². The lowest BCUT2D eigenvalue weighted by molar-refractivity contribution is -0.113. The zero-order valence-corrected chi connectivity index (χ0v) is 13.7. The second kappa shape index (κ2) is 7.27. The van der Waals surface area contributed by atoms with Gasteiger partial charge in [0.05, 0.1) is 5.69 Å². The average Bonchev–Trinajstić information content (AvgIpc) is 2.90.